The lowest BCUT2D eigenvalue weighted by Gasteiger charge is -2.02. The van der Waals surface area contributed by atoms with Crippen LogP contribution in [0.4, 0.5) is 0 Å². The summed E-state index contributed by atoms with van der Waals surface area (Å²) in [4.78, 5) is 0. The van der Waals surface area contributed by atoms with Gasteiger partial charge in [-0.1, -0.05) is 13.8 Å². The molecule has 0 amide bonds. The van der Waals surface area contributed by atoms with Gasteiger partial charge < -0.3 is 0 Å². The lowest BCUT2D eigenvalue weighted by Crippen LogP contribution is -2.09. The van der Waals surface area contributed by atoms with Gasteiger partial charge >= 0.3 is 0 Å². The maximum absolute atomic E-state index is 10.7. The Bertz CT molecular complexity index is 84.5. The highest BCUT2D eigenvalue weighted by molar-refractivity contribution is 7.86. The Morgan fingerprint density at radius 2 is 2.25 bits per heavy atom. The molecule has 0 N–H and O–H groups in total. The summed E-state index contributed by atoms with van der Waals surface area (Å²) in [7, 11) is -0.806. The summed E-state index contributed by atoms with van der Waals surface area (Å²) in [5.74, 6) is 0. The molecule has 0 rings (SSSR count). The van der Waals surface area contributed by atoms with Gasteiger partial charge in [0.1, 0.15) is 0 Å². The first-order valence-electron chi connectivity index (χ1n) is 2.65. The van der Waals surface area contributed by atoms with E-state index in [0.717, 1.165) is 6.42 Å². The zero-order chi connectivity index (χ0) is 6.57. The zero-order valence-corrected chi connectivity index (χ0v) is 6.76. The van der Waals surface area contributed by atoms with Crippen LogP contribution in [0.2, 0.25) is 0 Å². The minimum atomic E-state index is -0.806. The topological polar surface area (TPSA) is 17.1 Å². The van der Waals surface area contributed by atoms with Crippen LogP contribution in [0.3, 0.4) is 0 Å². The van der Waals surface area contributed by atoms with Crippen LogP contribution in [0, 0.1) is 0 Å². The summed E-state index contributed by atoms with van der Waals surface area (Å²) >= 11 is 5.33. The van der Waals surface area contributed by atoms with Crippen LogP contribution in [0.5, 0.6) is 0 Å². The van der Waals surface area contributed by atoms with Crippen molar-refractivity contribution in [2.45, 2.75) is 25.5 Å². The van der Waals surface area contributed by atoms with Crippen molar-refractivity contribution in [1.29, 1.82) is 0 Å². The minimum Gasteiger partial charge on any atom is -0.258 e. The maximum atomic E-state index is 10.7. The highest BCUT2D eigenvalue weighted by Gasteiger charge is 2.04. The van der Waals surface area contributed by atoms with Gasteiger partial charge in [-0.05, 0) is 6.42 Å². The summed E-state index contributed by atoms with van der Waals surface area (Å²) in [5, 5.41) is 0.530. The highest BCUT2D eigenvalue weighted by atomic mass is 35.5. The monoisotopic (exact) mass is 154 g/mol. The number of hydrogen-bond acceptors (Lipinski definition) is 1. The molecule has 1 nitrogen and oxygen atoms in total. The molecule has 0 aromatic carbocycles. The van der Waals surface area contributed by atoms with Crippen molar-refractivity contribution < 1.29 is 4.21 Å². The number of alkyl halides is 1. The van der Waals surface area contributed by atoms with Gasteiger partial charge in [-0.3, -0.25) is 4.21 Å². The summed E-state index contributed by atoms with van der Waals surface area (Å²) < 4.78 is 10.7. The van der Waals surface area contributed by atoms with E-state index in [9.17, 15) is 4.21 Å². The quantitative estimate of drug-likeness (QED) is 0.566. The molecule has 1 unspecified atom stereocenters. The number of halogens is 1. The standard InChI is InChI=1S/C5H11ClOS/c1-3-5(2)8(7)4-6/h5H,3-4H2,1-2H3/t5-,8?/m1/s1. The van der Waals surface area contributed by atoms with E-state index in [1.807, 2.05) is 13.8 Å². The first-order valence-corrected chi connectivity index (χ1v) is 4.57. The van der Waals surface area contributed by atoms with Gasteiger partial charge in [0.25, 0.3) is 0 Å². The predicted molar refractivity (Wildman–Crippen MR) is 38.6 cm³/mol. The van der Waals surface area contributed by atoms with Crippen molar-refractivity contribution in [2.24, 2.45) is 0 Å². The van der Waals surface area contributed by atoms with Gasteiger partial charge in [0.05, 0.1) is 5.21 Å². The summed E-state index contributed by atoms with van der Waals surface area (Å²) in [6.07, 6.45) is 0.944. The Kier molecular flexibility index (Phi) is 4.57. The Morgan fingerprint density at radius 3 is 2.38 bits per heavy atom. The Morgan fingerprint density at radius 1 is 1.75 bits per heavy atom. The van der Waals surface area contributed by atoms with Gasteiger partial charge in [-0.15, -0.1) is 11.6 Å². The molecule has 0 bridgehead atoms. The molecule has 0 aliphatic heterocycles. The van der Waals surface area contributed by atoms with Crippen molar-refractivity contribution in [2.75, 3.05) is 5.21 Å². The maximum Gasteiger partial charge on any atom is 0.0982 e. The van der Waals surface area contributed by atoms with E-state index in [-0.39, 0.29) is 10.5 Å². The Balaban J connectivity index is 3.46. The molecule has 0 aliphatic carbocycles. The molecule has 0 radical (unpaired) electrons. The zero-order valence-electron chi connectivity index (χ0n) is 5.19. The largest absolute Gasteiger partial charge is 0.258 e. The molecule has 0 spiro atoms. The van der Waals surface area contributed by atoms with E-state index in [4.69, 9.17) is 11.6 Å². The fourth-order valence-corrected chi connectivity index (χ4v) is 1.53. The van der Waals surface area contributed by atoms with Gasteiger partial charge in [-0.2, -0.15) is 0 Å². The van der Waals surface area contributed by atoms with Crippen molar-refractivity contribution in [3.8, 4) is 0 Å². The summed E-state index contributed by atoms with van der Waals surface area (Å²) in [6, 6.07) is 0. The third-order valence-corrected chi connectivity index (χ3v) is 3.22. The lowest BCUT2D eigenvalue weighted by atomic mass is 10.4. The van der Waals surface area contributed by atoms with E-state index in [0.29, 0.717) is 0 Å². The molecule has 0 saturated heterocycles. The van der Waals surface area contributed by atoms with Crippen LogP contribution in [-0.4, -0.2) is 14.7 Å². The smallest absolute Gasteiger partial charge is 0.0982 e. The molecule has 0 aromatic heterocycles. The molecule has 2 atom stereocenters. The minimum absolute atomic E-state index is 0.257. The Labute approximate surface area is 57.9 Å². The fourth-order valence-electron chi connectivity index (χ4n) is 0.293. The first-order chi connectivity index (χ1) is 3.72. The normalized spacial score (nSPS) is 17.9. The summed E-state index contributed by atoms with van der Waals surface area (Å²) in [5.41, 5.74) is 0. The molecule has 0 heterocycles. The highest BCUT2D eigenvalue weighted by Crippen LogP contribution is 2.01. The van der Waals surface area contributed by atoms with Crippen LogP contribution >= 0.6 is 11.6 Å². The van der Waals surface area contributed by atoms with Crippen LogP contribution in [0.25, 0.3) is 0 Å². The average Bonchev–Trinajstić information content (AvgIpc) is 1.84. The fraction of sp³-hybridized carbons (Fsp3) is 1.00. The van der Waals surface area contributed by atoms with Crippen molar-refractivity contribution in [3.05, 3.63) is 0 Å². The van der Waals surface area contributed by atoms with Gasteiger partial charge in [0, 0.05) is 16.0 Å². The predicted octanol–water partition coefficient (Wildman–Crippen LogP) is 1.73. The third kappa shape index (κ3) is 2.68. The second-order valence-electron chi connectivity index (χ2n) is 1.71. The molecule has 3 heteroatoms. The average molecular weight is 155 g/mol. The molecule has 0 fully saturated rings. The van der Waals surface area contributed by atoms with Gasteiger partial charge in [-0.25, -0.2) is 0 Å². The van der Waals surface area contributed by atoms with E-state index in [2.05, 4.69) is 0 Å². The van der Waals surface area contributed by atoms with E-state index in [1.54, 1.807) is 0 Å². The van der Waals surface area contributed by atoms with Crippen LogP contribution < -0.4 is 0 Å². The van der Waals surface area contributed by atoms with Gasteiger partial charge in [0.15, 0.2) is 0 Å². The van der Waals surface area contributed by atoms with Crippen molar-refractivity contribution in [3.63, 3.8) is 0 Å². The molecular formula is C5H11ClOS. The molecular weight excluding hydrogens is 144 g/mol. The van der Waals surface area contributed by atoms with E-state index >= 15 is 0 Å². The van der Waals surface area contributed by atoms with Crippen LogP contribution in [-0.2, 0) is 10.8 Å². The van der Waals surface area contributed by atoms with Crippen LogP contribution in [0.15, 0.2) is 0 Å². The van der Waals surface area contributed by atoms with Crippen LogP contribution in [0.1, 0.15) is 20.3 Å². The summed E-state index contributed by atoms with van der Waals surface area (Å²) in [6.45, 7) is 3.95. The van der Waals surface area contributed by atoms with Gasteiger partial charge in [0.2, 0.25) is 0 Å². The Hall–Kier alpha value is 0.440. The second kappa shape index (κ2) is 4.33. The number of rotatable bonds is 3. The molecule has 8 heavy (non-hydrogen) atoms. The van der Waals surface area contributed by atoms with Crippen molar-refractivity contribution in [1.82, 2.24) is 0 Å². The third-order valence-electron chi connectivity index (χ3n) is 1.13. The SMILES string of the molecule is CC[C@@H](C)S(=O)CCl. The first kappa shape index (κ1) is 8.44. The second-order valence-corrected chi connectivity index (χ2v) is 4.15. The molecule has 0 aromatic rings. The molecule has 0 aliphatic rings. The van der Waals surface area contributed by atoms with E-state index < -0.39 is 10.8 Å². The molecule has 0 saturated carbocycles. The number of hydrogen-bond donors (Lipinski definition) is 0. The molecule has 50 valence electrons. The van der Waals surface area contributed by atoms with E-state index in [1.165, 1.54) is 0 Å². The van der Waals surface area contributed by atoms with Crippen molar-refractivity contribution >= 4 is 22.4 Å². The lowest BCUT2D eigenvalue weighted by molar-refractivity contribution is 0.673.